The normalized spacial score (nSPS) is 21.9. The summed E-state index contributed by atoms with van der Waals surface area (Å²) in [5.41, 5.74) is -3.67. The van der Waals surface area contributed by atoms with Gasteiger partial charge in [-0.15, -0.1) is 0 Å². The second-order valence-electron chi connectivity index (χ2n) is 19.7. The van der Waals surface area contributed by atoms with E-state index in [1.54, 1.807) is 51.1 Å². The van der Waals surface area contributed by atoms with Crippen LogP contribution in [0, 0.1) is 11.6 Å². The van der Waals surface area contributed by atoms with Crippen LogP contribution in [0.5, 0.6) is 0 Å². The second kappa shape index (κ2) is 14.6. The van der Waals surface area contributed by atoms with Crippen molar-refractivity contribution < 1.29 is 46.3 Å². The lowest BCUT2D eigenvalue weighted by atomic mass is 9.77. The molecule has 1 atom stereocenters. The first-order valence-electron chi connectivity index (χ1n) is 19.9. The van der Waals surface area contributed by atoms with Gasteiger partial charge in [0, 0.05) is 16.8 Å². The van der Waals surface area contributed by atoms with E-state index < -0.39 is 90.0 Å². The van der Waals surface area contributed by atoms with Gasteiger partial charge in [0.1, 0.15) is 17.7 Å². The number of hydrogen-bond donors (Lipinski definition) is 1. The Balaban J connectivity index is 1.49. The maximum Gasteiger partial charge on any atom is 0.494 e. The van der Waals surface area contributed by atoms with Crippen molar-refractivity contribution in [3.8, 4) is 0 Å². The van der Waals surface area contributed by atoms with Crippen molar-refractivity contribution in [2.45, 2.75) is 149 Å². The molecular weight excluding hydrogens is 743 g/mol. The highest BCUT2D eigenvalue weighted by atomic mass is 19.1. The molecule has 2 amide bonds. The van der Waals surface area contributed by atoms with Gasteiger partial charge >= 0.3 is 21.4 Å². The first kappa shape index (κ1) is 44.0. The molecule has 3 heterocycles. The van der Waals surface area contributed by atoms with Gasteiger partial charge in [0.15, 0.2) is 0 Å². The standard InChI is InChI=1S/C43H57B3F2N2O8/c1-37(2,3)49-35(51)34(31-24-27(19-23-32(31)47)45-55-40(8,9)41(10,11)56-45)50(29-20-16-26(17-21-29)44-53-38(4,5)39(6,7)54-44)36(52)30-22-18-28(25-33(30)48)46-57-42(12,13)43(14,15)58-46/h16-25,34H,1-15H3,(H,49,51). The minimum absolute atomic E-state index is 0.147. The number of hydrogen-bond acceptors (Lipinski definition) is 8. The van der Waals surface area contributed by atoms with Crippen LogP contribution in [0.25, 0.3) is 0 Å². The molecule has 310 valence electrons. The fourth-order valence-corrected chi connectivity index (χ4v) is 6.85. The number of carbonyl (C=O) groups excluding carboxylic acids is 2. The molecule has 0 aliphatic carbocycles. The zero-order valence-electron chi connectivity index (χ0n) is 36.6. The maximum atomic E-state index is 16.5. The maximum absolute atomic E-state index is 16.5. The Labute approximate surface area is 343 Å². The van der Waals surface area contributed by atoms with Gasteiger partial charge in [-0.2, -0.15) is 0 Å². The summed E-state index contributed by atoms with van der Waals surface area (Å²) in [6.07, 6.45) is 0. The summed E-state index contributed by atoms with van der Waals surface area (Å²) in [6, 6.07) is 13.3. The van der Waals surface area contributed by atoms with Gasteiger partial charge in [0.05, 0.1) is 39.2 Å². The van der Waals surface area contributed by atoms with Crippen LogP contribution in [-0.2, 0) is 32.7 Å². The van der Waals surface area contributed by atoms with E-state index >= 15 is 13.6 Å². The minimum atomic E-state index is -1.64. The molecule has 0 aromatic heterocycles. The number of rotatable bonds is 8. The SMILES string of the molecule is CC(C)(C)NC(=O)C(c1cc(B2OC(C)(C)C(C)(C)O2)ccc1F)N(C(=O)c1ccc(B2OC(C)(C)C(C)(C)O2)cc1F)c1ccc(B2OC(C)(C)C(C)(C)O2)cc1. The summed E-state index contributed by atoms with van der Waals surface area (Å²) in [5, 5.41) is 2.94. The van der Waals surface area contributed by atoms with Crippen molar-refractivity contribution >= 4 is 55.2 Å². The zero-order valence-corrected chi connectivity index (χ0v) is 36.6. The Morgan fingerprint density at radius 1 is 0.569 bits per heavy atom. The van der Waals surface area contributed by atoms with Gasteiger partial charge in [-0.1, -0.05) is 30.3 Å². The van der Waals surface area contributed by atoms with Gasteiger partial charge in [-0.3, -0.25) is 14.5 Å². The lowest BCUT2D eigenvalue weighted by molar-refractivity contribution is -0.124. The summed E-state index contributed by atoms with van der Waals surface area (Å²) in [6.45, 7) is 28.3. The minimum Gasteiger partial charge on any atom is -0.399 e. The number of nitrogens with one attached hydrogen (secondary N) is 1. The quantitative estimate of drug-likeness (QED) is 0.270. The molecule has 10 nitrogen and oxygen atoms in total. The summed E-state index contributed by atoms with van der Waals surface area (Å²) in [7, 11) is -2.52. The summed E-state index contributed by atoms with van der Waals surface area (Å²) in [5.74, 6) is -3.24. The van der Waals surface area contributed by atoms with Gasteiger partial charge < -0.3 is 33.2 Å². The Bertz CT molecular complexity index is 2040. The molecule has 3 aromatic carbocycles. The number of halogens is 2. The highest BCUT2D eigenvalue weighted by Crippen LogP contribution is 2.40. The number of benzene rings is 3. The smallest absolute Gasteiger partial charge is 0.399 e. The Kier molecular flexibility index (Phi) is 11.0. The van der Waals surface area contributed by atoms with Crippen molar-refractivity contribution in [1.82, 2.24) is 5.32 Å². The van der Waals surface area contributed by atoms with Gasteiger partial charge in [-0.25, -0.2) is 8.78 Å². The molecule has 0 radical (unpaired) electrons. The third-order valence-corrected chi connectivity index (χ3v) is 12.5. The van der Waals surface area contributed by atoms with E-state index in [0.29, 0.717) is 16.4 Å². The summed E-state index contributed by atoms with van der Waals surface area (Å²) < 4.78 is 70.3. The Hall–Kier alpha value is -3.59. The van der Waals surface area contributed by atoms with E-state index in [-0.39, 0.29) is 16.8 Å². The fourth-order valence-electron chi connectivity index (χ4n) is 6.85. The third kappa shape index (κ3) is 8.15. The summed E-state index contributed by atoms with van der Waals surface area (Å²) >= 11 is 0. The molecule has 3 aliphatic rings. The fraction of sp³-hybridized carbons (Fsp3) is 0.535. The topological polar surface area (TPSA) is 105 Å². The van der Waals surface area contributed by atoms with Crippen molar-refractivity contribution in [2.24, 2.45) is 0 Å². The van der Waals surface area contributed by atoms with Crippen LogP contribution >= 0.6 is 0 Å². The number of anilines is 1. The Morgan fingerprint density at radius 3 is 1.36 bits per heavy atom. The molecule has 3 aromatic rings. The van der Waals surface area contributed by atoms with Gasteiger partial charge in [0.25, 0.3) is 5.91 Å². The van der Waals surface area contributed by atoms with E-state index in [9.17, 15) is 4.79 Å². The molecule has 1 unspecified atom stereocenters. The molecule has 3 fully saturated rings. The van der Waals surface area contributed by atoms with Crippen molar-refractivity contribution in [3.05, 3.63) is 83.4 Å². The van der Waals surface area contributed by atoms with E-state index in [2.05, 4.69) is 5.32 Å². The van der Waals surface area contributed by atoms with Crippen molar-refractivity contribution in [2.75, 3.05) is 4.90 Å². The van der Waals surface area contributed by atoms with Gasteiger partial charge in [-0.05, 0) is 151 Å². The highest BCUT2D eigenvalue weighted by Gasteiger charge is 2.54. The number of nitrogens with zero attached hydrogens (tertiary/aromatic N) is 1. The van der Waals surface area contributed by atoms with E-state index in [1.807, 2.05) is 83.1 Å². The third-order valence-electron chi connectivity index (χ3n) is 12.5. The van der Waals surface area contributed by atoms with Crippen molar-refractivity contribution in [1.29, 1.82) is 0 Å². The largest absolute Gasteiger partial charge is 0.494 e. The van der Waals surface area contributed by atoms with E-state index in [1.165, 1.54) is 30.3 Å². The van der Waals surface area contributed by atoms with Crippen LogP contribution in [0.3, 0.4) is 0 Å². The average molecular weight is 800 g/mol. The van der Waals surface area contributed by atoms with Crippen LogP contribution in [-0.4, -0.2) is 72.3 Å². The molecular formula is C43H57B3F2N2O8. The number of carbonyl (C=O) groups is 2. The van der Waals surface area contributed by atoms with Crippen LogP contribution in [0.4, 0.5) is 14.5 Å². The van der Waals surface area contributed by atoms with Crippen molar-refractivity contribution in [3.63, 3.8) is 0 Å². The molecule has 6 rings (SSSR count). The monoisotopic (exact) mass is 800 g/mol. The van der Waals surface area contributed by atoms with Crippen LogP contribution in [0.2, 0.25) is 0 Å². The number of amides is 2. The van der Waals surface area contributed by atoms with Crippen LogP contribution < -0.4 is 26.6 Å². The van der Waals surface area contributed by atoms with E-state index in [4.69, 9.17) is 27.9 Å². The molecule has 3 aliphatic heterocycles. The predicted molar refractivity (Wildman–Crippen MR) is 224 cm³/mol. The molecule has 3 saturated heterocycles. The second-order valence-corrected chi connectivity index (χ2v) is 19.7. The van der Waals surface area contributed by atoms with Crippen LogP contribution in [0.1, 0.15) is 126 Å². The first-order chi connectivity index (χ1) is 26.5. The molecule has 58 heavy (non-hydrogen) atoms. The molecule has 0 bridgehead atoms. The van der Waals surface area contributed by atoms with Gasteiger partial charge in [0.2, 0.25) is 5.91 Å². The Morgan fingerprint density at radius 2 is 0.948 bits per heavy atom. The van der Waals surface area contributed by atoms with E-state index in [0.717, 1.165) is 4.90 Å². The molecule has 0 spiro atoms. The molecule has 15 heteroatoms. The van der Waals surface area contributed by atoms with Crippen LogP contribution in [0.15, 0.2) is 60.7 Å². The summed E-state index contributed by atoms with van der Waals surface area (Å²) in [4.78, 5) is 30.8. The highest BCUT2D eigenvalue weighted by molar-refractivity contribution is 6.63. The lowest BCUT2D eigenvalue weighted by Crippen LogP contribution is -2.50. The predicted octanol–water partition coefficient (Wildman–Crippen LogP) is 6.17. The molecule has 1 N–H and O–H groups in total. The first-order valence-corrected chi connectivity index (χ1v) is 19.9. The average Bonchev–Trinajstić information content (AvgIpc) is 3.55. The zero-order chi connectivity index (χ0) is 43.2. The molecule has 0 saturated carbocycles. The lowest BCUT2D eigenvalue weighted by Gasteiger charge is -2.34.